The summed E-state index contributed by atoms with van der Waals surface area (Å²) in [5.41, 5.74) is 0.689. The zero-order valence-electron chi connectivity index (χ0n) is 12.3. The van der Waals surface area contributed by atoms with Crippen LogP contribution in [0, 0.1) is 11.6 Å². The molecule has 1 amide bonds. The van der Waals surface area contributed by atoms with E-state index in [0.717, 1.165) is 6.07 Å². The third-order valence-electron chi connectivity index (χ3n) is 3.92. The highest BCUT2D eigenvalue weighted by molar-refractivity contribution is 6.33. The lowest BCUT2D eigenvalue weighted by molar-refractivity contribution is 0.0746. The van der Waals surface area contributed by atoms with Crippen LogP contribution in [0.1, 0.15) is 10.4 Å². The summed E-state index contributed by atoms with van der Waals surface area (Å²) in [5.74, 6) is -1.08. The number of amides is 1. The molecule has 1 aliphatic heterocycles. The van der Waals surface area contributed by atoms with E-state index in [1.165, 1.54) is 18.2 Å². The molecule has 1 heterocycles. The minimum atomic E-state index is -0.497. The zero-order chi connectivity index (χ0) is 16.4. The first-order valence-corrected chi connectivity index (χ1v) is 7.68. The van der Waals surface area contributed by atoms with Gasteiger partial charge in [-0.25, -0.2) is 8.78 Å². The first-order valence-electron chi connectivity index (χ1n) is 7.30. The van der Waals surface area contributed by atoms with E-state index < -0.39 is 5.82 Å². The van der Waals surface area contributed by atoms with Crippen molar-refractivity contribution in [2.75, 3.05) is 31.1 Å². The van der Waals surface area contributed by atoms with Gasteiger partial charge in [0.1, 0.15) is 11.6 Å². The molecule has 1 fully saturated rings. The van der Waals surface area contributed by atoms with E-state index in [2.05, 4.69) is 0 Å². The molecule has 0 N–H and O–H groups in total. The van der Waals surface area contributed by atoms with Crippen LogP contribution in [0.5, 0.6) is 0 Å². The van der Waals surface area contributed by atoms with Crippen molar-refractivity contribution in [2.45, 2.75) is 0 Å². The van der Waals surface area contributed by atoms with Gasteiger partial charge in [0.2, 0.25) is 0 Å². The molecular formula is C17H15ClF2N2O. The van der Waals surface area contributed by atoms with Crippen LogP contribution in [0.3, 0.4) is 0 Å². The highest BCUT2D eigenvalue weighted by Crippen LogP contribution is 2.23. The lowest BCUT2D eigenvalue weighted by atomic mass is 10.1. The van der Waals surface area contributed by atoms with Gasteiger partial charge in [-0.1, -0.05) is 23.7 Å². The van der Waals surface area contributed by atoms with Crippen LogP contribution < -0.4 is 4.90 Å². The Morgan fingerprint density at radius 3 is 2.39 bits per heavy atom. The molecule has 0 bridgehead atoms. The molecule has 0 aliphatic carbocycles. The highest BCUT2D eigenvalue weighted by atomic mass is 35.5. The molecule has 0 saturated carbocycles. The number of halogens is 3. The minimum absolute atomic E-state index is 0.158. The smallest absolute Gasteiger partial charge is 0.255 e. The number of hydrogen-bond acceptors (Lipinski definition) is 2. The van der Waals surface area contributed by atoms with Gasteiger partial charge in [-0.05, 0) is 30.3 Å². The van der Waals surface area contributed by atoms with Gasteiger partial charge in [0.05, 0.1) is 16.3 Å². The monoisotopic (exact) mass is 336 g/mol. The first-order chi connectivity index (χ1) is 11.1. The van der Waals surface area contributed by atoms with Crippen LogP contribution in [0.2, 0.25) is 5.02 Å². The van der Waals surface area contributed by atoms with Crippen LogP contribution in [0.4, 0.5) is 14.5 Å². The molecule has 2 aromatic rings. The van der Waals surface area contributed by atoms with Crippen LogP contribution in [0.15, 0.2) is 42.5 Å². The van der Waals surface area contributed by atoms with E-state index in [0.29, 0.717) is 31.9 Å². The second-order valence-electron chi connectivity index (χ2n) is 5.35. The van der Waals surface area contributed by atoms with Crippen molar-refractivity contribution >= 4 is 23.2 Å². The van der Waals surface area contributed by atoms with Crippen molar-refractivity contribution in [2.24, 2.45) is 0 Å². The molecule has 6 heteroatoms. The summed E-state index contributed by atoms with van der Waals surface area (Å²) in [6.45, 7) is 1.89. The summed E-state index contributed by atoms with van der Waals surface area (Å²) >= 11 is 5.98. The molecule has 0 radical (unpaired) electrons. The average Bonchev–Trinajstić information content (AvgIpc) is 2.57. The molecule has 2 aromatic carbocycles. The van der Waals surface area contributed by atoms with Crippen molar-refractivity contribution in [1.82, 2.24) is 4.90 Å². The lowest BCUT2D eigenvalue weighted by Gasteiger charge is -2.36. The number of benzene rings is 2. The topological polar surface area (TPSA) is 23.6 Å². The molecule has 0 atom stereocenters. The fourth-order valence-corrected chi connectivity index (χ4v) is 2.89. The van der Waals surface area contributed by atoms with E-state index in [-0.39, 0.29) is 22.3 Å². The van der Waals surface area contributed by atoms with Gasteiger partial charge in [0.25, 0.3) is 5.91 Å². The van der Waals surface area contributed by atoms with E-state index in [1.807, 2.05) is 4.90 Å². The Hall–Kier alpha value is -2.14. The fourth-order valence-electron chi connectivity index (χ4n) is 2.69. The van der Waals surface area contributed by atoms with Gasteiger partial charge in [0, 0.05) is 26.2 Å². The van der Waals surface area contributed by atoms with Crippen LogP contribution in [-0.4, -0.2) is 37.0 Å². The third-order valence-corrected chi connectivity index (χ3v) is 4.25. The lowest BCUT2D eigenvalue weighted by Crippen LogP contribution is -2.49. The van der Waals surface area contributed by atoms with Gasteiger partial charge in [-0.15, -0.1) is 0 Å². The Bertz CT molecular complexity index is 730. The second kappa shape index (κ2) is 6.54. The first kappa shape index (κ1) is 15.7. The van der Waals surface area contributed by atoms with Crippen molar-refractivity contribution < 1.29 is 13.6 Å². The van der Waals surface area contributed by atoms with Gasteiger partial charge in [0.15, 0.2) is 0 Å². The second-order valence-corrected chi connectivity index (χ2v) is 5.76. The van der Waals surface area contributed by atoms with Crippen LogP contribution in [-0.2, 0) is 0 Å². The molecule has 1 aliphatic rings. The van der Waals surface area contributed by atoms with Crippen LogP contribution in [0.25, 0.3) is 0 Å². The summed E-state index contributed by atoms with van der Waals surface area (Å²) in [6.07, 6.45) is 0. The number of piperazine rings is 1. The Balaban J connectivity index is 1.70. The van der Waals surface area contributed by atoms with E-state index in [1.54, 1.807) is 23.1 Å². The third kappa shape index (κ3) is 3.29. The molecule has 120 valence electrons. The van der Waals surface area contributed by atoms with Crippen LogP contribution >= 0.6 is 11.6 Å². The largest absolute Gasteiger partial charge is 0.366 e. The Labute approximate surface area is 138 Å². The summed E-state index contributed by atoms with van der Waals surface area (Å²) in [4.78, 5) is 16.0. The standard InChI is InChI=1S/C17H15ClF2N2O/c18-14-6-5-12(19)11-13(14)17(23)22-9-7-21(8-10-22)16-4-2-1-3-15(16)20/h1-6,11H,7-10H2. The van der Waals surface area contributed by atoms with Crippen molar-refractivity contribution in [3.8, 4) is 0 Å². The van der Waals surface area contributed by atoms with E-state index in [4.69, 9.17) is 11.6 Å². The number of carbonyl (C=O) groups is 1. The zero-order valence-corrected chi connectivity index (χ0v) is 13.1. The predicted molar refractivity (Wildman–Crippen MR) is 85.9 cm³/mol. The van der Waals surface area contributed by atoms with Gasteiger partial charge >= 0.3 is 0 Å². The molecular weight excluding hydrogens is 322 g/mol. The van der Waals surface area contributed by atoms with Crippen molar-refractivity contribution in [3.63, 3.8) is 0 Å². The SMILES string of the molecule is O=C(c1cc(F)ccc1Cl)N1CCN(c2ccccc2F)CC1. The van der Waals surface area contributed by atoms with Gasteiger partial charge in [-0.3, -0.25) is 4.79 Å². The Kier molecular flexibility index (Phi) is 4.48. The molecule has 1 saturated heterocycles. The summed E-state index contributed by atoms with van der Waals surface area (Å²) in [5, 5.41) is 0.230. The number of rotatable bonds is 2. The number of nitrogens with zero attached hydrogens (tertiary/aromatic N) is 2. The van der Waals surface area contributed by atoms with E-state index in [9.17, 15) is 13.6 Å². The maximum absolute atomic E-state index is 13.8. The fraction of sp³-hybridized carbons (Fsp3) is 0.235. The van der Waals surface area contributed by atoms with Gasteiger partial charge < -0.3 is 9.80 Å². The molecule has 23 heavy (non-hydrogen) atoms. The molecule has 0 spiro atoms. The molecule has 0 aromatic heterocycles. The summed E-state index contributed by atoms with van der Waals surface area (Å²) in [6, 6.07) is 10.3. The normalized spacial score (nSPS) is 14.9. The number of anilines is 1. The maximum Gasteiger partial charge on any atom is 0.255 e. The maximum atomic E-state index is 13.8. The quantitative estimate of drug-likeness (QED) is 0.837. The van der Waals surface area contributed by atoms with E-state index >= 15 is 0 Å². The Morgan fingerprint density at radius 1 is 1.00 bits per heavy atom. The summed E-state index contributed by atoms with van der Waals surface area (Å²) in [7, 11) is 0. The minimum Gasteiger partial charge on any atom is -0.366 e. The average molecular weight is 337 g/mol. The van der Waals surface area contributed by atoms with Gasteiger partial charge in [-0.2, -0.15) is 0 Å². The molecule has 3 rings (SSSR count). The summed E-state index contributed by atoms with van der Waals surface area (Å²) < 4.78 is 27.1. The Morgan fingerprint density at radius 2 is 1.70 bits per heavy atom. The van der Waals surface area contributed by atoms with Crippen molar-refractivity contribution in [1.29, 1.82) is 0 Å². The number of carbonyl (C=O) groups excluding carboxylic acids is 1. The number of hydrogen-bond donors (Lipinski definition) is 0. The molecule has 0 unspecified atom stereocenters. The highest BCUT2D eigenvalue weighted by Gasteiger charge is 2.25. The van der Waals surface area contributed by atoms with Crippen molar-refractivity contribution in [3.05, 3.63) is 64.7 Å². The predicted octanol–water partition coefficient (Wildman–Crippen LogP) is 3.58. The number of para-hydroxylation sites is 1. The molecule has 3 nitrogen and oxygen atoms in total.